The van der Waals surface area contributed by atoms with Gasteiger partial charge in [-0.3, -0.25) is 0 Å². The van der Waals surface area contributed by atoms with Gasteiger partial charge in [-0.1, -0.05) is 12.8 Å². The van der Waals surface area contributed by atoms with Crippen LogP contribution in [0.25, 0.3) is 0 Å². The molecule has 3 aliphatic rings. The highest BCUT2D eigenvalue weighted by atomic mass is 127. The highest BCUT2D eigenvalue weighted by molar-refractivity contribution is 14.0. The van der Waals surface area contributed by atoms with Crippen LogP contribution in [0.15, 0.2) is 4.99 Å². The van der Waals surface area contributed by atoms with E-state index in [2.05, 4.69) is 20.8 Å². The number of ether oxygens (including phenoxy) is 1. The first-order chi connectivity index (χ1) is 11.7. The molecule has 3 unspecified atom stereocenters. The fraction of sp³-hybridized carbons (Fsp3) is 0.824. The first-order valence-corrected chi connectivity index (χ1v) is 9.27. The molecule has 0 aromatic carbocycles. The van der Waals surface area contributed by atoms with E-state index in [1.807, 2.05) is 18.5 Å². The van der Waals surface area contributed by atoms with Gasteiger partial charge in [-0.15, -0.1) is 34.2 Å². The summed E-state index contributed by atoms with van der Waals surface area (Å²) in [6.45, 7) is 2.50. The van der Waals surface area contributed by atoms with Gasteiger partial charge in [0.05, 0.1) is 18.2 Å². The Morgan fingerprint density at radius 2 is 2.00 bits per heavy atom. The normalized spacial score (nSPS) is 29.0. The van der Waals surface area contributed by atoms with Gasteiger partial charge in [0.15, 0.2) is 11.8 Å². The fourth-order valence-corrected chi connectivity index (χ4v) is 4.10. The number of hydrogen-bond acceptors (Lipinski definition) is 4. The van der Waals surface area contributed by atoms with E-state index in [-0.39, 0.29) is 24.0 Å². The van der Waals surface area contributed by atoms with Crippen molar-refractivity contribution in [3.05, 3.63) is 11.6 Å². The lowest BCUT2D eigenvalue weighted by molar-refractivity contribution is 0.0992. The summed E-state index contributed by atoms with van der Waals surface area (Å²) in [6.07, 6.45) is 9.36. The topological polar surface area (TPSA) is 76.4 Å². The van der Waals surface area contributed by atoms with Crippen LogP contribution in [-0.2, 0) is 18.3 Å². The lowest BCUT2D eigenvalue weighted by Crippen LogP contribution is -2.49. The van der Waals surface area contributed by atoms with Crippen LogP contribution in [-0.4, -0.2) is 45.0 Å². The molecule has 1 aliphatic carbocycles. The summed E-state index contributed by atoms with van der Waals surface area (Å²) in [5.74, 6) is 2.72. The van der Waals surface area contributed by atoms with Gasteiger partial charge in [0.2, 0.25) is 0 Å². The van der Waals surface area contributed by atoms with Gasteiger partial charge >= 0.3 is 0 Å². The summed E-state index contributed by atoms with van der Waals surface area (Å²) in [7, 11) is 1.99. The van der Waals surface area contributed by atoms with E-state index < -0.39 is 0 Å². The number of fused-ring (bicyclic) bond motifs is 2. The summed E-state index contributed by atoms with van der Waals surface area (Å²) in [6, 6.07) is 0.926. The average Bonchev–Trinajstić information content (AvgIpc) is 3.34. The number of hydrogen-bond donors (Lipinski definition) is 2. The number of aliphatic imine (C=N–C) groups is 1. The number of nitrogens with one attached hydrogen (secondary N) is 2. The summed E-state index contributed by atoms with van der Waals surface area (Å²) >= 11 is 0. The first kappa shape index (κ1) is 18.9. The number of halogens is 1. The van der Waals surface area contributed by atoms with Crippen molar-refractivity contribution in [3.63, 3.8) is 0 Å². The maximum Gasteiger partial charge on any atom is 0.192 e. The molecule has 1 aromatic heterocycles. The molecular weight excluding hydrogens is 431 g/mol. The van der Waals surface area contributed by atoms with E-state index in [1.165, 1.54) is 38.5 Å². The molecule has 2 bridgehead atoms. The Labute approximate surface area is 166 Å². The van der Waals surface area contributed by atoms with Crippen molar-refractivity contribution >= 4 is 29.9 Å². The van der Waals surface area contributed by atoms with Gasteiger partial charge in [0, 0.05) is 13.1 Å². The molecule has 1 saturated carbocycles. The summed E-state index contributed by atoms with van der Waals surface area (Å²) in [5.41, 5.74) is 0. The van der Waals surface area contributed by atoms with Crippen LogP contribution in [0.2, 0.25) is 0 Å². The Morgan fingerprint density at radius 1 is 1.20 bits per heavy atom. The zero-order chi connectivity index (χ0) is 16.5. The van der Waals surface area contributed by atoms with Gasteiger partial charge in [-0.2, -0.15) is 0 Å². The molecule has 2 aliphatic heterocycles. The summed E-state index contributed by atoms with van der Waals surface area (Å²) < 4.78 is 7.97. The monoisotopic (exact) mass is 460 g/mol. The smallest absolute Gasteiger partial charge is 0.192 e. The van der Waals surface area contributed by atoms with Gasteiger partial charge < -0.3 is 19.9 Å². The molecule has 0 spiro atoms. The Bertz CT molecular complexity index is 612. The van der Waals surface area contributed by atoms with Crippen molar-refractivity contribution in [3.8, 4) is 0 Å². The quantitative estimate of drug-likeness (QED) is 0.409. The standard InChI is InChI=1S/C17H28N6O.HI/c1-11-21-22-16(23(11)2)10-18-17(19-12-5-3-4-6-12)20-14-9-13-7-8-15(14)24-13;/h12-15H,3-10H2,1-2H3,(H2,18,19,20);1H. The third kappa shape index (κ3) is 4.27. The molecule has 3 heterocycles. The van der Waals surface area contributed by atoms with Crippen molar-refractivity contribution in [2.24, 2.45) is 12.0 Å². The van der Waals surface area contributed by atoms with Crippen LogP contribution in [0.3, 0.4) is 0 Å². The van der Waals surface area contributed by atoms with Crippen LogP contribution in [0.5, 0.6) is 0 Å². The van der Waals surface area contributed by atoms with Crippen LogP contribution >= 0.6 is 24.0 Å². The predicted octanol–water partition coefficient (Wildman–Crippen LogP) is 2.04. The molecule has 0 amide bonds. The molecule has 2 N–H and O–H groups in total. The third-order valence-corrected chi connectivity index (χ3v) is 5.69. The van der Waals surface area contributed by atoms with E-state index in [9.17, 15) is 0 Å². The number of nitrogens with zero attached hydrogens (tertiary/aromatic N) is 4. The second-order valence-corrected chi connectivity index (χ2v) is 7.37. The third-order valence-electron chi connectivity index (χ3n) is 5.69. The molecule has 0 radical (unpaired) electrons. The lowest BCUT2D eigenvalue weighted by Gasteiger charge is -2.24. The van der Waals surface area contributed by atoms with E-state index in [0.29, 0.717) is 30.8 Å². The average molecular weight is 460 g/mol. The van der Waals surface area contributed by atoms with Crippen molar-refractivity contribution in [1.29, 1.82) is 0 Å². The minimum atomic E-state index is 0. The lowest BCUT2D eigenvalue weighted by atomic mass is 9.96. The predicted molar refractivity (Wildman–Crippen MR) is 107 cm³/mol. The molecule has 3 fully saturated rings. The van der Waals surface area contributed by atoms with Gasteiger partial charge in [-0.05, 0) is 39.0 Å². The number of rotatable bonds is 4. The molecule has 7 nitrogen and oxygen atoms in total. The van der Waals surface area contributed by atoms with Crippen molar-refractivity contribution < 1.29 is 4.74 Å². The van der Waals surface area contributed by atoms with Crippen molar-refractivity contribution in [1.82, 2.24) is 25.4 Å². The SMILES string of the molecule is Cc1nnc(CN=C(NC2CCCC2)NC2CC3CCC2O3)n1C.I. The number of aromatic nitrogens is 3. The highest BCUT2D eigenvalue weighted by Gasteiger charge is 2.41. The zero-order valence-electron chi connectivity index (χ0n) is 15.1. The molecule has 4 rings (SSSR count). The Morgan fingerprint density at radius 3 is 2.60 bits per heavy atom. The number of guanidine groups is 1. The Balaban J connectivity index is 0.00000182. The van der Waals surface area contributed by atoms with E-state index in [0.717, 1.165) is 24.0 Å². The van der Waals surface area contributed by atoms with Crippen LogP contribution in [0.4, 0.5) is 0 Å². The zero-order valence-corrected chi connectivity index (χ0v) is 17.4. The maximum absolute atomic E-state index is 5.97. The minimum Gasteiger partial charge on any atom is -0.373 e. The van der Waals surface area contributed by atoms with Gasteiger partial charge in [0.1, 0.15) is 12.4 Å². The van der Waals surface area contributed by atoms with Crippen molar-refractivity contribution in [2.75, 3.05) is 0 Å². The minimum absolute atomic E-state index is 0. The first-order valence-electron chi connectivity index (χ1n) is 9.27. The van der Waals surface area contributed by atoms with Gasteiger partial charge in [0.25, 0.3) is 0 Å². The molecule has 8 heteroatoms. The van der Waals surface area contributed by atoms with Crippen molar-refractivity contribution in [2.45, 2.75) is 82.7 Å². The van der Waals surface area contributed by atoms with E-state index >= 15 is 0 Å². The van der Waals surface area contributed by atoms with Crippen LogP contribution in [0, 0.1) is 6.92 Å². The fourth-order valence-electron chi connectivity index (χ4n) is 4.10. The van der Waals surface area contributed by atoms with E-state index in [1.54, 1.807) is 0 Å². The molecular formula is C17H29IN6O. The second kappa shape index (κ2) is 8.20. The Hall–Kier alpha value is -0.900. The van der Waals surface area contributed by atoms with Crippen LogP contribution in [0.1, 0.15) is 56.6 Å². The molecule has 2 saturated heterocycles. The van der Waals surface area contributed by atoms with E-state index in [4.69, 9.17) is 9.73 Å². The van der Waals surface area contributed by atoms with Gasteiger partial charge in [-0.25, -0.2) is 4.99 Å². The Kier molecular flexibility index (Phi) is 6.19. The highest BCUT2D eigenvalue weighted by Crippen LogP contribution is 2.34. The molecule has 140 valence electrons. The second-order valence-electron chi connectivity index (χ2n) is 7.37. The number of aryl methyl sites for hydroxylation is 1. The maximum atomic E-state index is 5.97. The summed E-state index contributed by atoms with van der Waals surface area (Å²) in [4.78, 5) is 4.79. The summed E-state index contributed by atoms with van der Waals surface area (Å²) in [5, 5.41) is 15.6. The largest absolute Gasteiger partial charge is 0.373 e. The molecule has 1 aromatic rings. The molecule has 3 atom stereocenters. The van der Waals surface area contributed by atoms with Crippen LogP contribution < -0.4 is 10.6 Å². The molecule has 25 heavy (non-hydrogen) atoms.